The van der Waals surface area contributed by atoms with Crippen LogP contribution in [0.25, 0.3) is 0 Å². The van der Waals surface area contributed by atoms with Gasteiger partial charge in [-0.3, -0.25) is 4.79 Å². The van der Waals surface area contributed by atoms with Crippen LogP contribution >= 0.6 is 0 Å². The molecule has 1 aliphatic heterocycles. The van der Waals surface area contributed by atoms with Crippen LogP contribution in [0.5, 0.6) is 0 Å². The van der Waals surface area contributed by atoms with Crippen LogP contribution in [0.1, 0.15) is 41.8 Å². The molecule has 0 bridgehead atoms. The molecule has 0 spiro atoms. The van der Waals surface area contributed by atoms with Crippen LogP contribution in [0.15, 0.2) is 16.7 Å². The Hall–Kier alpha value is -1.33. The number of nitrogens with two attached hydrogens (primary N) is 1. The first-order chi connectivity index (χ1) is 9.28. The number of hydrogen-bond donors (Lipinski definition) is 2. The summed E-state index contributed by atoms with van der Waals surface area (Å²) in [4.78, 5) is 12.2. The molecular formula is C14H20N2O3. The Balaban J connectivity index is 1.65. The molecule has 104 valence electrons. The van der Waals surface area contributed by atoms with E-state index in [-0.39, 0.29) is 11.9 Å². The van der Waals surface area contributed by atoms with Crippen molar-refractivity contribution >= 4 is 5.91 Å². The van der Waals surface area contributed by atoms with Gasteiger partial charge in [0.2, 0.25) is 0 Å². The number of carbonyl (C=O) groups excluding carboxylic acids is 1. The predicted molar refractivity (Wildman–Crippen MR) is 69.6 cm³/mol. The summed E-state index contributed by atoms with van der Waals surface area (Å²) in [6.07, 6.45) is 6.14. The highest BCUT2D eigenvalue weighted by molar-refractivity contribution is 5.94. The van der Waals surface area contributed by atoms with Crippen molar-refractivity contribution in [3.8, 4) is 0 Å². The second-order valence-corrected chi connectivity index (χ2v) is 5.38. The molecule has 2 heterocycles. The normalized spacial score (nSPS) is 30.1. The molecule has 19 heavy (non-hydrogen) atoms. The van der Waals surface area contributed by atoms with Gasteiger partial charge in [0.15, 0.2) is 0 Å². The molecule has 1 aliphatic carbocycles. The molecule has 5 heteroatoms. The fourth-order valence-electron chi connectivity index (χ4n) is 3.21. The quantitative estimate of drug-likeness (QED) is 0.865. The van der Waals surface area contributed by atoms with Gasteiger partial charge in [0.25, 0.3) is 5.91 Å². The fourth-order valence-corrected chi connectivity index (χ4v) is 3.21. The molecule has 2 aliphatic rings. The fraction of sp³-hybridized carbons (Fsp3) is 0.643. The molecule has 1 saturated carbocycles. The van der Waals surface area contributed by atoms with Crippen molar-refractivity contribution in [1.82, 2.24) is 5.32 Å². The maximum atomic E-state index is 12.2. The number of fused-ring (bicyclic) bond motifs is 1. The Labute approximate surface area is 112 Å². The molecule has 3 N–H and O–H groups in total. The Morgan fingerprint density at radius 1 is 1.42 bits per heavy atom. The van der Waals surface area contributed by atoms with Gasteiger partial charge in [-0.25, -0.2) is 0 Å². The standard InChI is InChI=1S/C14H20N2O3/c15-7-10-6-9(8-19-10)14(17)16-12-2-1-3-13-11(12)4-5-18-13/h6,8,11-13H,1-5,7,15H2,(H,16,17). The number of rotatable bonds is 3. The van der Waals surface area contributed by atoms with Crippen LogP contribution in [-0.4, -0.2) is 24.7 Å². The van der Waals surface area contributed by atoms with E-state index in [1.54, 1.807) is 6.07 Å². The van der Waals surface area contributed by atoms with Gasteiger partial charge in [-0.2, -0.15) is 0 Å². The number of hydrogen-bond acceptors (Lipinski definition) is 4. The van der Waals surface area contributed by atoms with Gasteiger partial charge in [0.1, 0.15) is 12.0 Å². The van der Waals surface area contributed by atoms with Crippen LogP contribution in [0.3, 0.4) is 0 Å². The van der Waals surface area contributed by atoms with Gasteiger partial charge in [0, 0.05) is 18.6 Å². The van der Waals surface area contributed by atoms with E-state index in [0.29, 0.717) is 29.9 Å². The number of carbonyl (C=O) groups is 1. The van der Waals surface area contributed by atoms with E-state index >= 15 is 0 Å². The van der Waals surface area contributed by atoms with E-state index in [9.17, 15) is 4.79 Å². The smallest absolute Gasteiger partial charge is 0.254 e. The zero-order valence-corrected chi connectivity index (χ0v) is 10.9. The summed E-state index contributed by atoms with van der Waals surface area (Å²) in [5.41, 5.74) is 6.03. The topological polar surface area (TPSA) is 77.5 Å². The third-order valence-electron chi connectivity index (χ3n) is 4.21. The summed E-state index contributed by atoms with van der Waals surface area (Å²) in [6.45, 7) is 1.14. The lowest BCUT2D eigenvalue weighted by Crippen LogP contribution is -2.45. The van der Waals surface area contributed by atoms with Crippen molar-refractivity contribution in [3.63, 3.8) is 0 Å². The summed E-state index contributed by atoms with van der Waals surface area (Å²) >= 11 is 0. The molecule has 1 amide bonds. The zero-order chi connectivity index (χ0) is 13.2. The SMILES string of the molecule is NCc1cc(C(=O)NC2CCCC3OCCC23)co1. The van der Waals surface area contributed by atoms with E-state index in [2.05, 4.69) is 5.32 Å². The average molecular weight is 264 g/mol. The lowest BCUT2D eigenvalue weighted by molar-refractivity contribution is 0.0510. The summed E-state index contributed by atoms with van der Waals surface area (Å²) in [7, 11) is 0. The molecule has 0 radical (unpaired) electrons. The van der Waals surface area contributed by atoms with Gasteiger partial charge in [-0.1, -0.05) is 0 Å². The van der Waals surface area contributed by atoms with Crippen molar-refractivity contribution in [3.05, 3.63) is 23.7 Å². The molecule has 1 saturated heterocycles. The minimum atomic E-state index is -0.0685. The summed E-state index contributed by atoms with van der Waals surface area (Å²) < 4.78 is 10.9. The molecule has 1 aromatic rings. The van der Waals surface area contributed by atoms with Crippen LogP contribution in [0.4, 0.5) is 0 Å². The molecular weight excluding hydrogens is 244 g/mol. The Bertz CT molecular complexity index is 457. The van der Waals surface area contributed by atoms with Crippen molar-refractivity contribution in [2.45, 2.75) is 44.4 Å². The monoisotopic (exact) mass is 264 g/mol. The first kappa shape index (κ1) is 12.7. The number of amides is 1. The van der Waals surface area contributed by atoms with E-state index in [4.69, 9.17) is 14.9 Å². The molecule has 2 fully saturated rings. The highest BCUT2D eigenvalue weighted by Crippen LogP contribution is 2.34. The van der Waals surface area contributed by atoms with Crippen molar-refractivity contribution in [1.29, 1.82) is 0 Å². The first-order valence-corrected chi connectivity index (χ1v) is 6.98. The Morgan fingerprint density at radius 3 is 3.11 bits per heavy atom. The number of furan rings is 1. The summed E-state index contributed by atoms with van der Waals surface area (Å²) in [6, 6.07) is 1.94. The van der Waals surface area contributed by atoms with Crippen molar-refractivity contribution < 1.29 is 13.9 Å². The third-order valence-corrected chi connectivity index (χ3v) is 4.21. The van der Waals surface area contributed by atoms with E-state index in [0.717, 1.165) is 32.3 Å². The van der Waals surface area contributed by atoms with Crippen LogP contribution in [-0.2, 0) is 11.3 Å². The molecule has 0 aromatic carbocycles. The maximum Gasteiger partial charge on any atom is 0.254 e. The molecule has 3 unspecified atom stereocenters. The molecule has 1 aromatic heterocycles. The third kappa shape index (κ3) is 2.53. The predicted octanol–water partition coefficient (Wildman–Crippen LogP) is 1.43. The van der Waals surface area contributed by atoms with Crippen LogP contribution < -0.4 is 11.1 Å². The minimum Gasteiger partial charge on any atom is -0.467 e. The number of nitrogens with one attached hydrogen (secondary N) is 1. The largest absolute Gasteiger partial charge is 0.467 e. The summed E-state index contributed by atoms with van der Waals surface area (Å²) in [5.74, 6) is 1.04. The Morgan fingerprint density at radius 2 is 2.32 bits per heavy atom. The highest BCUT2D eigenvalue weighted by Gasteiger charge is 2.38. The van der Waals surface area contributed by atoms with Gasteiger partial charge >= 0.3 is 0 Å². The summed E-state index contributed by atoms with van der Waals surface area (Å²) in [5, 5.41) is 3.12. The van der Waals surface area contributed by atoms with E-state index in [1.165, 1.54) is 6.26 Å². The lowest BCUT2D eigenvalue weighted by Gasteiger charge is -2.33. The van der Waals surface area contributed by atoms with E-state index < -0.39 is 0 Å². The zero-order valence-electron chi connectivity index (χ0n) is 10.9. The number of ether oxygens (including phenoxy) is 1. The minimum absolute atomic E-state index is 0.0685. The van der Waals surface area contributed by atoms with E-state index in [1.807, 2.05) is 0 Å². The van der Waals surface area contributed by atoms with Gasteiger partial charge < -0.3 is 20.2 Å². The second-order valence-electron chi connectivity index (χ2n) is 5.38. The molecule has 5 nitrogen and oxygen atoms in total. The Kier molecular flexibility index (Phi) is 3.57. The van der Waals surface area contributed by atoms with Gasteiger partial charge in [-0.05, 0) is 31.7 Å². The first-order valence-electron chi connectivity index (χ1n) is 6.98. The maximum absolute atomic E-state index is 12.2. The average Bonchev–Trinajstić information content (AvgIpc) is 3.08. The van der Waals surface area contributed by atoms with Gasteiger partial charge in [-0.15, -0.1) is 0 Å². The van der Waals surface area contributed by atoms with Crippen molar-refractivity contribution in [2.75, 3.05) is 6.61 Å². The van der Waals surface area contributed by atoms with Crippen LogP contribution in [0.2, 0.25) is 0 Å². The van der Waals surface area contributed by atoms with Crippen LogP contribution in [0, 0.1) is 5.92 Å². The highest BCUT2D eigenvalue weighted by atomic mass is 16.5. The second kappa shape index (κ2) is 5.35. The van der Waals surface area contributed by atoms with Gasteiger partial charge in [0.05, 0.1) is 18.2 Å². The molecule has 3 rings (SSSR count). The lowest BCUT2D eigenvalue weighted by atomic mass is 9.81. The molecule has 3 atom stereocenters. The van der Waals surface area contributed by atoms with Crippen molar-refractivity contribution in [2.24, 2.45) is 11.7 Å².